The van der Waals surface area contributed by atoms with Gasteiger partial charge in [-0.05, 0) is 40.1 Å². The fourth-order valence-corrected chi connectivity index (χ4v) is 3.44. The zero-order chi connectivity index (χ0) is 13.5. The summed E-state index contributed by atoms with van der Waals surface area (Å²) < 4.78 is 0. The van der Waals surface area contributed by atoms with Crippen LogP contribution in [0.2, 0.25) is 0 Å². The highest BCUT2D eigenvalue weighted by Crippen LogP contribution is 2.40. The zero-order valence-corrected chi connectivity index (χ0v) is 11.8. The van der Waals surface area contributed by atoms with E-state index >= 15 is 0 Å². The first kappa shape index (κ1) is 11.9. The molecule has 0 fully saturated rings. The van der Waals surface area contributed by atoms with Crippen LogP contribution in [0.5, 0.6) is 0 Å². The Morgan fingerprint density at radius 2 is 1.90 bits per heavy atom. The van der Waals surface area contributed by atoms with Crippen molar-refractivity contribution < 1.29 is 0 Å². The molecule has 0 amide bonds. The lowest BCUT2D eigenvalue weighted by molar-refractivity contribution is 1.06. The van der Waals surface area contributed by atoms with E-state index in [1.807, 2.05) is 6.20 Å². The molecule has 2 heteroatoms. The highest BCUT2D eigenvalue weighted by molar-refractivity contribution is 6.18. The van der Waals surface area contributed by atoms with Crippen LogP contribution in [0.1, 0.15) is 16.8 Å². The Kier molecular flexibility index (Phi) is 2.75. The molecule has 0 saturated carbocycles. The second-order valence-electron chi connectivity index (χ2n) is 5.22. The van der Waals surface area contributed by atoms with E-state index in [-0.39, 0.29) is 0 Å². The summed E-state index contributed by atoms with van der Waals surface area (Å²) in [6, 6.07) is 15.2. The molecule has 0 spiro atoms. The van der Waals surface area contributed by atoms with Crippen LogP contribution in [0.3, 0.4) is 0 Å². The van der Waals surface area contributed by atoms with Gasteiger partial charge in [-0.25, -0.2) is 0 Å². The van der Waals surface area contributed by atoms with Gasteiger partial charge in [-0.3, -0.25) is 4.98 Å². The van der Waals surface area contributed by atoms with Gasteiger partial charge in [-0.2, -0.15) is 0 Å². The summed E-state index contributed by atoms with van der Waals surface area (Å²) in [5.74, 6) is 0.614. The number of rotatable bonds is 2. The number of pyridine rings is 1. The normalized spacial score (nSPS) is 12.4. The molecule has 1 heterocycles. The number of benzene rings is 2. The molecule has 0 radical (unpaired) electrons. The van der Waals surface area contributed by atoms with Crippen molar-refractivity contribution >= 4 is 22.4 Å². The van der Waals surface area contributed by atoms with E-state index in [0.29, 0.717) is 5.88 Å². The van der Waals surface area contributed by atoms with Crippen LogP contribution in [0, 0.1) is 0 Å². The molecular formula is C18H14ClN. The smallest absolute Gasteiger partial charge is 0.0496 e. The van der Waals surface area contributed by atoms with E-state index in [9.17, 15) is 0 Å². The van der Waals surface area contributed by atoms with Crippen molar-refractivity contribution in [2.24, 2.45) is 0 Å². The minimum atomic E-state index is 0.614. The highest BCUT2D eigenvalue weighted by Gasteiger charge is 2.21. The molecule has 0 aliphatic heterocycles. The van der Waals surface area contributed by atoms with Crippen LogP contribution in [0.15, 0.2) is 48.7 Å². The molecular weight excluding hydrogens is 266 g/mol. The summed E-state index contributed by atoms with van der Waals surface area (Å²) in [7, 11) is 0. The van der Waals surface area contributed by atoms with Crippen molar-refractivity contribution in [1.82, 2.24) is 4.98 Å². The molecule has 0 bridgehead atoms. The topological polar surface area (TPSA) is 12.9 Å². The molecule has 0 N–H and O–H groups in total. The maximum atomic E-state index is 5.94. The predicted octanol–water partition coefficient (Wildman–Crippen LogP) is 4.59. The molecule has 1 nitrogen and oxygen atoms in total. The first-order chi connectivity index (χ1) is 9.88. The number of halogens is 1. The Morgan fingerprint density at radius 3 is 2.80 bits per heavy atom. The molecule has 1 aromatic heterocycles. The van der Waals surface area contributed by atoms with Crippen molar-refractivity contribution in [3.8, 4) is 11.1 Å². The third-order valence-electron chi connectivity index (χ3n) is 4.12. The molecule has 2 aromatic carbocycles. The summed E-state index contributed by atoms with van der Waals surface area (Å²) in [5, 5.41) is 2.58. The van der Waals surface area contributed by atoms with Crippen molar-refractivity contribution in [3.63, 3.8) is 0 Å². The van der Waals surface area contributed by atoms with Crippen LogP contribution in [-0.2, 0) is 12.8 Å². The second kappa shape index (κ2) is 4.60. The molecule has 0 atom stereocenters. The maximum Gasteiger partial charge on any atom is 0.0496 e. The van der Waals surface area contributed by atoms with Gasteiger partial charge < -0.3 is 0 Å². The SMILES string of the molecule is ClCCc1nccc2ccc3c(c12)Cc1ccccc1-3. The summed E-state index contributed by atoms with van der Waals surface area (Å²) in [4.78, 5) is 4.55. The van der Waals surface area contributed by atoms with Gasteiger partial charge in [-0.1, -0.05) is 36.4 Å². The minimum Gasteiger partial charge on any atom is -0.261 e. The zero-order valence-electron chi connectivity index (χ0n) is 11.1. The van der Waals surface area contributed by atoms with Gasteiger partial charge in [0.25, 0.3) is 0 Å². The Labute approximate surface area is 123 Å². The number of nitrogens with zero attached hydrogens (tertiary/aromatic N) is 1. The van der Waals surface area contributed by atoms with Crippen molar-refractivity contribution in [2.45, 2.75) is 12.8 Å². The lowest BCUT2D eigenvalue weighted by atomic mass is 9.97. The largest absolute Gasteiger partial charge is 0.261 e. The number of aryl methyl sites for hydroxylation is 1. The summed E-state index contributed by atoms with van der Waals surface area (Å²) >= 11 is 5.94. The maximum absolute atomic E-state index is 5.94. The Balaban J connectivity index is 2.04. The van der Waals surface area contributed by atoms with E-state index in [4.69, 9.17) is 11.6 Å². The van der Waals surface area contributed by atoms with Gasteiger partial charge in [0.05, 0.1) is 0 Å². The summed E-state index contributed by atoms with van der Waals surface area (Å²) in [6.07, 6.45) is 3.72. The third-order valence-corrected chi connectivity index (χ3v) is 4.31. The van der Waals surface area contributed by atoms with Crippen LogP contribution in [-0.4, -0.2) is 10.9 Å². The van der Waals surface area contributed by atoms with Gasteiger partial charge in [0.15, 0.2) is 0 Å². The number of aromatic nitrogens is 1. The van der Waals surface area contributed by atoms with Crippen LogP contribution in [0.25, 0.3) is 21.9 Å². The monoisotopic (exact) mass is 279 g/mol. The van der Waals surface area contributed by atoms with Crippen LogP contribution >= 0.6 is 11.6 Å². The molecule has 98 valence electrons. The first-order valence-electron chi connectivity index (χ1n) is 6.92. The van der Waals surface area contributed by atoms with E-state index < -0.39 is 0 Å². The minimum absolute atomic E-state index is 0.614. The highest BCUT2D eigenvalue weighted by atomic mass is 35.5. The van der Waals surface area contributed by atoms with Crippen molar-refractivity contribution in [1.29, 1.82) is 0 Å². The van der Waals surface area contributed by atoms with Gasteiger partial charge in [0.1, 0.15) is 0 Å². The molecule has 4 rings (SSSR count). The lowest BCUT2D eigenvalue weighted by Crippen LogP contribution is -1.96. The van der Waals surface area contributed by atoms with E-state index in [1.54, 1.807) is 0 Å². The fourth-order valence-electron chi connectivity index (χ4n) is 3.26. The third kappa shape index (κ3) is 1.66. The van der Waals surface area contributed by atoms with E-state index in [2.05, 4.69) is 47.4 Å². The summed E-state index contributed by atoms with van der Waals surface area (Å²) in [5.41, 5.74) is 6.68. The number of hydrogen-bond acceptors (Lipinski definition) is 1. The summed E-state index contributed by atoms with van der Waals surface area (Å²) in [6.45, 7) is 0. The first-order valence-corrected chi connectivity index (χ1v) is 7.45. The van der Waals surface area contributed by atoms with Gasteiger partial charge in [0.2, 0.25) is 0 Å². The molecule has 0 saturated heterocycles. The van der Waals surface area contributed by atoms with Crippen molar-refractivity contribution in [2.75, 3.05) is 5.88 Å². The Hall–Kier alpha value is -1.86. The second-order valence-corrected chi connectivity index (χ2v) is 5.60. The lowest BCUT2D eigenvalue weighted by Gasteiger charge is -2.09. The van der Waals surface area contributed by atoms with Crippen molar-refractivity contribution in [3.05, 3.63) is 65.5 Å². The molecule has 1 aliphatic rings. The molecule has 3 aromatic rings. The van der Waals surface area contributed by atoms with Gasteiger partial charge >= 0.3 is 0 Å². The van der Waals surface area contributed by atoms with E-state index in [1.165, 1.54) is 33.0 Å². The standard InChI is InChI=1S/C18H14ClN/c19-9-7-17-18-12(8-10-20-17)5-6-15-14-4-2-1-3-13(14)11-16(15)18/h1-6,8,10H,7,9,11H2. The number of alkyl halides is 1. The van der Waals surface area contributed by atoms with E-state index in [0.717, 1.165) is 18.5 Å². The number of hydrogen-bond donors (Lipinski definition) is 0. The van der Waals surface area contributed by atoms with Crippen LogP contribution in [0.4, 0.5) is 0 Å². The quantitative estimate of drug-likeness (QED) is 0.489. The molecule has 1 aliphatic carbocycles. The fraction of sp³-hybridized carbons (Fsp3) is 0.167. The average molecular weight is 280 g/mol. The Bertz CT molecular complexity index is 808. The average Bonchev–Trinajstić information content (AvgIpc) is 2.86. The Morgan fingerprint density at radius 1 is 1.00 bits per heavy atom. The molecule has 20 heavy (non-hydrogen) atoms. The predicted molar refractivity (Wildman–Crippen MR) is 84.4 cm³/mol. The number of fused-ring (bicyclic) bond motifs is 5. The van der Waals surface area contributed by atoms with Crippen LogP contribution < -0.4 is 0 Å². The van der Waals surface area contributed by atoms with Gasteiger partial charge in [0, 0.05) is 29.6 Å². The molecule has 0 unspecified atom stereocenters. The van der Waals surface area contributed by atoms with Gasteiger partial charge in [-0.15, -0.1) is 11.6 Å².